The summed E-state index contributed by atoms with van der Waals surface area (Å²) in [7, 11) is 0. The molecule has 0 aromatic carbocycles. The van der Waals surface area contributed by atoms with Crippen molar-refractivity contribution in [3.63, 3.8) is 0 Å². The third kappa shape index (κ3) is 2.19. The van der Waals surface area contributed by atoms with Gasteiger partial charge in [-0.25, -0.2) is 4.98 Å². The molecule has 1 heterocycles. The number of thiazole rings is 1. The number of rotatable bonds is 0. The van der Waals surface area contributed by atoms with Crippen molar-refractivity contribution in [2.24, 2.45) is 0 Å². The van der Waals surface area contributed by atoms with Crippen molar-refractivity contribution in [3.05, 3.63) is 6.20 Å². The first-order valence-electron chi connectivity index (χ1n) is 1.69. The number of thiol groups is 1. The van der Waals surface area contributed by atoms with E-state index in [9.17, 15) is 0 Å². The topological polar surface area (TPSA) is 38.9 Å². The van der Waals surface area contributed by atoms with E-state index in [2.05, 4.69) is 17.6 Å². The second kappa shape index (κ2) is 3.53. The summed E-state index contributed by atoms with van der Waals surface area (Å²) in [6, 6.07) is 0. The quantitative estimate of drug-likeness (QED) is 0.524. The first-order chi connectivity index (χ1) is 3.29. The zero-order chi connectivity index (χ0) is 5.28. The fourth-order valence-corrected chi connectivity index (χ4v) is 1.07. The fraction of sp³-hybridized carbons (Fsp3) is 0. The van der Waals surface area contributed by atoms with Gasteiger partial charge in [-0.2, -0.15) is 0 Å². The maximum Gasteiger partial charge on any atom is 0.148 e. The van der Waals surface area contributed by atoms with Crippen molar-refractivity contribution >= 4 is 29.0 Å². The van der Waals surface area contributed by atoms with Gasteiger partial charge in [-0.3, -0.25) is 0 Å². The van der Waals surface area contributed by atoms with Crippen LogP contribution >= 0.6 is 24.0 Å². The molecule has 0 saturated heterocycles. The van der Waals surface area contributed by atoms with Gasteiger partial charge in [0, 0.05) is 22.4 Å². The molecule has 0 atom stereocenters. The van der Waals surface area contributed by atoms with Crippen LogP contribution in [0.15, 0.2) is 10.5 Å². The Hall–Kier alpha value is 0.520. The Kier molecular flexibility index (Phi) is 3.76. The van der Waals surface area contributed by atoms with Crippen LogP contribution in [0.2, 0.25) is 0 Å². The van der Waals surface area contributed by atoms with Crippen LogP contribution in [0, 0.1) is 0 Å². The molecule has 1 aromatic rings. The zero-order valence-electron chi connectivity index (χ0n) is 3.76. The van der Waals surface area contributed by atoms with Crippen LogP contribution in [0.4, 0.5) is 5.00 Å². The number of anilines is 1. The van der Waals surface area contributed by atoms with E-state index < -0.39 is 0 Å². The van der Waals surface area contributed by atoms with E-state index in [0.717, 1.165) is 4.34 Å². The molecular formula is C3H4AgN2S2. The molecule has 1 rings (SSSR count). The summed E-state index contributed by atoms with van der Waals surface area (Å²) in [6.07, 6.45) is 1.59. The van der Waals surface area contributed by atoms with E-state index in [1.165, 1.54) is 11.3 Å². The molecule has 1 aromatic heterocycles. The minimum absolute atomic E-state index is 0. The monoisotopic (exact) mass is 239 g/mol. The molecule has 0 aliphatic rings. The van der Waals surface area contributed by atoms with E-state index in [1.54, 1.807) is 6.20 Å². The molecule has 0 fully saturated rings. The van der Waals surface area contributed by atoms with Gasteiger partial charge in [-0.15, -0.1) is 12.6 Å². The Balaban J connectivity index is 0.000000490. The molecule has 2 nitrogen and oxygen atoms in total. The van der Waals surface area contributed by atoms with Gasteiger partial charge in [0.15, 0.2) is 0 Å². The molecule has 0 aliphatic heterocycles. The molecule has 2 N–H and O–H groups in total. The zero-order valence-corrected chi connectivity index (χ0v) is 6.95. The minimum atomic E-state index is 0. The summed E-state index contributed by atoms with van der Waals surface area (Å²) in [5, 5.41) is 0.713. The molecule has 49 valence electrons. The summed E-state index contributed by atoms with van der Waals surface area (Å²) in [6.45, 7) is 0. The number of aromatic nitrogens is 1. The van der Waals surface area contributed by atoms with Crippen LogP contribution in [-0.4, -0.2) is 4.98 Å². The normalized spacial score (nSPS) is 8.12. The molecule has 1 radical (unpaired) electrons. The summed E-state index contributed by atoms with van der Waals surface area (Å²) in [5.41, 5.74) is 5.29. The number of nitrogens with two attached hydrogens (primary N) is 1. The molecule has 0 amide bonds. The standard InChI is InChI=1S/C3H4N2S2.Ag/c4-2-1-5-3(6)7-2;/h1H,4H2,(H,5,6);. The van der Waals surface area contributed by atoms with Gasteiger partial charge < -0.3 is 5.73 Å². The van der Waals surface area contributed by atoms with Gasteiger partial charge in [0.05, 0.1) is 6.20 Å². The first-order valence-corrected chi connectivity index (χ1v) is 2.95. The molecule has 8 heavy (non-hydrogen) atoms. The minimum Gasteiger partial charge on any atom is -0.389 e. The van der Waals surface area contributed by atoms with Crippen molar-refractivity contribution in [2.45, 2.75) is 4.34 Å². The Morgan fingerprint density at radius 3 is 2.50 bits per heavy atom. The van der Waals surface area contributed by atoms with Gasteiger partial charge in [-0.1, -0.05) is 11.3 Å². The predicted octanol–water partition coefficient (Wildman–Crippen LogP) is 1.01. The maximum atomic E-state index is 5.29. The number of hydrogen-bond donors (Lipinski definition) is 2. The molecule has 5 heteroatoms. The Morgan fingerprint density at radius 1 is 1.75 bits per heavy atom. The summed E-state index contributed by atoms with van der Waals surface area (Å²) in [4.78, 5) is 3.77. The Bertz CT molecular complexity index is 148. The number of nitrogen functional groups attached to an aromatic ring is 1. The van der Waals surface area contributed by atoms with Crippen LogP contribution in [0.25, 0.3) is 0 Å². The molecule has 0 unspecified atom stereocenters. The fourth-order valence-electron chi connectivity index (χ4n) is 0.277. The van der Waals surface area contributed by atoms with Crippen molar-refractivity contribution in [3.8, 4) is 0 Å². The number of hydrogen-bond acceptors (Lipinski definition) is 4. The van der Waals surface area contributed by atoms with Crippen LogP contribution in [0.3, 0.4) is 0 Å². The smallest absolute Gasteiger partial charge is 0.148 e. The second-order valence-corrected chi connectivity index (χ2v) is 2.83. The maximum absolute atomic E-state index is 5.29. The average Bonchev–Trinajstić information content (AvgIpc) is 1.87. The first kappa shape index (κ1) is 8.52. The third-order valence-corrected chi connectivity index (χ3v) is 1.53. The van der Waals surface area contributed by atoms with Crippen molar-refractivity contribution in [2.75, 3.05) is 5.73 Å². The van der Waals surface area contributed by atoms with Crippen molar-refractivity contribution in [1.82, 2.24) is 4.98 Å². The van der Waals surface area contributed by atoms with E-state index in [1.807, 2.05) is 0 Å². The number of nitrogens with zero attached hydrogens (tertiary/aromatic N) is 1. The van der Waals surface area contributed by atoms with Gasteiger partial charge in [0.25, 0.3) is 0 Å². The average molecular weight is 240 g/mol. The Labute approximate surface area is 72.4 Å². The van der Waals surface area contributed by atoms with E-state index >= 15 is 0 Å². The van der Waals surface area contributed by atoms with E-state index in [0.29, 0.717) is 5.00 Å². The predicted molar refractivity (Wildman–Crippen MR) is 33.8 cm³/mol. The van der Waals surface area contributed by atoms with Gasteiger partial charge in [-0.05, 0) is 0 Å². The van der Waals surface area contributed by atoms with Gasteiger partial charge >= 0.3 is 0 Å². The molecular weight excluding hydrogens is 236 g/mol. The third-order valence-electron chi connectivity index (χ3n) is 0.511. The molecule has 0 spiro atoms. The van der Waals surface area contributed by atoms with E-state index in [4.69, 9.17) is 5.73 Å². The van der Waals surface area contributed by atoms with E-state index in [-0.39, 0.29) is 22.4 Å². The second-order valence-electron chi connectivity index (χ2n) is 1.05. The van der Waals surface area contributed by atoms with Crippen molar-refractivity contribution in [1.29, 1.82) is 0 Å². The van der Waals surface area contributed by atoms with Crippen LogP contribution < -0.4 is 5.73 Å². The SMILES string of the molecule is Nc1cnc(S)s1.[Ag]. The Morgan fingerprint density at radius 2 is 2.38 bits per heavy atom. The van der Waals surface area contributed by atoms with Gasteiger partial charge in [0.1, 0.15) is 9.34 Å². The van der Waals surface area contributed by atoms with Gasteiger partial charge in [0.2, 0.25) is 0 Å². The summed E-state index contributed by atoms with van der Waals surface area (Å²) < 4.78 is 0.720. The van der Waals surface area contributed by atoms with Crippen LogP contribution in [0.1, 0.15) is 0 Å². The summed E-state index contributed by atoms with van der Waals surface area (Å²) >= 11 is 5.31. The van der Waals surface area contributed by atoms with Crippen LogP contribution in [0.5, 0.6) is 0 Å². The molecule has 0 saturated carbocycles. The van der Waals surface area contributed by atoms with Crippen LogP contribution in [-0.2, 0) is 22.4 Å². The largest absolute Gasteiger partial charge is 0.389 e. The molecule has 0 aliphatic carbocycles. The van der Waals surface area contributed by atoms with Crippen molar-refractivity contribution < 1.29 is 22.4 Å². The summed E-state index contributed by atoms with van der Waals surface area (Å²) in [5.74, 6) is 0. The molecule has 0 bridgehead atoms.